The summed E-state index contributed by atoms with van der Waals surface area (Å²) >= 11 is 3.15. The van der Waals surface area contributed by atoms with Crippen molar-refractivity contribution in [2.24, 2.45) is 0 Å². The van der Waals surface area contributed by atoms with E-state index in [9.17, 15) is 9.90 Å². The molecule has 18 heavy (non-hydrogen) atoms. The van der Waals surface area contributed by atoms with Crippen LogP contribution in [-0.4, -0.2) is 17.4 Å². The molecule has 1 N–H and O–H groups in total. The van der Waals surface area contributed by atoms with E-state index in [1.165, 1.54) is 12.0 Å². The Morgan fingerprint density at radius 3 is 2.50 bits per heavy atom. The van der Waals surface area contributed by atoms with E-state index in [1.807, 2.05) is 24.3 Å². The molecular formula is C14H15BrO3. The first-order valence-electron chi connectivity index (χ1n) is 6.01. The number of aryl methyl sites for hydroxylation is 1. The van der Waals surface area contributed by atoms with Crippen LogP contribution in [0.15, 0.2) is 28.7 Å². The standard InChI is InChI=1S/C14H15BrO3/c1-2-3-4-9-5-7-10(8-6-9)11-12(15)14(17)18-13(11)16/h5-8,13,16H,2-4H2,1H3. The summed E-state index contributed by atoms with van der Waals surface area (Å²) in [6.07, 6.45) is 2.21. The molecule has 1 unspecified atom stereocenters. The number of hydrogen-bond acceptors (Lipinski definition) is 3. The van der Waals surface area contributed by atoms with E-state index in [2.05, 4.69) is 22.9 Å². The highest BCUT2D eigenvalue weighted by atomic mass is 79.9. The molecule has 0 spiro atoms. The predicted octanol–water partition coefficient (Wildman–Crippen LogP) is 3.01. The second-order valence-corrected chi connectivity index (χ2v) is 5.08. The lowest BCUT2D eigenvalue weighted by molar-refractivity contribution is -0.149. The van der Waals surface area contributed by atoms with Gasteiger partial charge in [0.15, 0.2) is 0 Å². The van der Waals surface area contributed by atoms with Gasteiger partial charge in [0.05, 0.1) is 0 Å². The average Bonchev–Trinajstić information content (AvgIpc) is 2.62. The molecule has 1 aliphatic rings. The van der Waals surface area contributed by atoms with Crippen LogP contribution in [0.1, 0.15) is 30.9 Å². The fourth-order valence-electron chi connectivity index (χ4n) is 1.93. The van der Waals surface area contributed by atoms with Gasteiger partial charge in [-0.05, 0) is 39.9 Å². The summed E-state index contributed by atoms with van der Waals surface area (Å²) in [6, 6.07) is 7.86. The second kappa shape index (κ2) is 5.67. The molecular weight excluding hydrogens is 296 g/mol. The summed E-state index contributed by atoms with van der Waals surface area (Å²) in [7, 11) is 0. The SMILES string of the molecule is CCCCc1ccc(C2=C(Br)C(=O)OC2O)cc1. The van der Waals surface area contributed by atoms with Gasteiger partial charge in [-0.2, -0.15) is 0 Å². The highest BCUT2D eigenvalue weighted by Gasteiger charge is 2.31. The van der Waals surface area contributed by atoms with Crippen LogP contribution in [0.25, 0.3) is 5.57 Å². The van der Waals surface area contributed by atoms with E-state index in [-0.39, 0.29) is 0 Å². The van der Waals surface area contributed by atoms with Gasteiger partial charge in [-0.1, -0.05) is 37.6 Å². The van der Waals surface area contributed by atoms with Crippen LogP contribution in [0.4, 0.5) is 0 Å². The van der Waals surface area contributed by atoms with Crippen LogP contribution in [0, 0.1) is 0 Å². The number of unbranched alkanes of at least 4 members (excludes halogenated alkanes) is 1. The molecule has 0 radical (unpaired) electrons. The third-order valence-electron chi connectivity index (χ3n) is 2.97. The Hall–Kier alpha value is -1.13. The van der Waals surface area contributed by atoms with Crippen LogP contribution in [0.3, 0.4) is 0 Å². The largest absolute Gasteiger partial charge is 0.427 e. The van der Waals surface area contributed by atoms with Crippen LogP contribution in [-0.2, 0) is 16.0 Å². The number of rotatable bonds is 4. The molecule has 3 nitrogen and oxygen atoms in total. The van der Waals surface area contributed by atoms with E-state index in [0.717, 1.165) is 18.4 Å². The molecule has 96 valence electrons. The van der Waals surface area contributed by atoms with Crippen molar-refractivity contribution in [3.8, 4) is 0 Å². The number of hydrogen-bond donors (Lipinski definition) is 1. The van der Waals surface area contributed by atoms with Gasteiger partial charge < -0.3 is 9.84 Å². The van der Waals surface area contributed by atoms with Crippen molar-refractivity contribution in [3.63, 3.8) is 0 Å². The Morgan fingerprint density at radius 1 is 1.33 bits per heavy atom. The number of carbonyl (C=O) groups is 1. The van der Waals surface area contributed by atoms with Crippen molar-refractivity contribution in [2.75, 3.05) is 0 Å². The van der Waals surface area contributed by atoms with Gasteiger partial charge in [-0.3, -0.25) is 0 Å². The van der Waals surface area contributed by atoms with Gasteiger partial charge in [-0.25, -0.2) is 4.79 Å². The molecule has 0 fully saturated rings. The minimum absolute atomic E-state index is 0.302. The monoisotopic (exact) mass is 310 g/mol. The van der Waals surface area contributed by atoms with Crippen molar-refractivity contribution < 1.29 is 14.6 Å². The highest BCUT2D eigenvalue weighted by Crippen LogP contribution is 2.33. The maximum Gasteiger partial charge on any atom is 0.348 e. The summed E-state index contributed by atoms with van der Waals surface area (Å²) < 4.78 is 5.03. The Labute approximate surface area is 115 Å². The van der Waals surface area contributed by atoms with Crippen molar-refractivity contribution in [1.82, 2.24) is 0 Å². The van der Waals surface area contributed by atoms with Crippen molar-refractivity contribution in [2.45, 2.75) is 32.5 Å². The lowest BCUT2D eigenvalue weighted by Gasteiger charge is -2.08. The second-order valence-electron chi connectivity index (χ2n) is 4.29. The summed E-state index contributed by atoms with van der Waals surface area (Å²) in [5.74, 6) is -0.521. The van der Waals surface area contributed by atoms with Crippen LogP contribution in [0.2, 0.25) is 0 Å². The number of ether oxygens (including phenoxy) is 1. The number of esters is 1. The molecule has 0 saturated carbocycles. The zero-order chi connectivity index (χ0) is 13.1. The van der Waals surface area contributed by atoms with Gasteiger partial charge >= 0.3 is 5.97 Å². The van der Waals surface area contributed by atoms with E-state index < -0.39 is 12.3 Å². The van der Waals surface area contributed by atoms with Crippen LogP contribution in [0.5, 0.6) is 0 Å². The van der Waals surface area contributed by atoms with Gasteiger partial charge in [0.25, 0.3) is 0 Å². The Morgan fingerprint density at radius 2 is 2.00 bits per heavy atom. The van der Waals surface area contributed by atoms with Crippen molar-refractivity contribution >= 4 is 27.5 Å². The van der Waals surface area contributed by atoms with Crippen molar-refractivity contribution in [3.05, 3.63) is 39.9 Å². The molecule has 1 heterocycles. The molecule has 0 aliphatic carbocycles. The zero-order valence-corrected chi connectivity index (χ0v) is 11.7. The number of aliphatic hydroxyl groups excluding tert-OH is 1. The molecule has 2 rings (SSSR count). The number of halogens is 1. The fraction of sp³-hybridized carbons (Fsp3) is 0.357. The van der Waals surface area contributed by atoms with Crippen LogP contribution >= 0.6 is 15.9 Å². The third-order valence-corrected chi connectivity index (χ3v) is 3.72. The fourth-order valence-corrected chi connectivity index (χ4v) is 2.45. The number of benzene rings is 1. The molecule has 0 aromatic heterocycles. The molecule has 1 aromatic carbocycles. The zero-order valence-electron chi connectivity index (χ0n) is 10.1. The summed E-state index contributed by atoms with van der Waals surface area (Å²) in [6.45, 7) is 2.16. The minimum Gasteiger partial charge on any atom is -0.427 e. The van der Waals surface area contributed by atoms with Gasteiger partial charge in [0, 0.05) is 5.57 Å². The summed E-state index contributed by atoms with van der Waals surface area (Å²) in [5.41, 5.74) is 2.57. The first-order chi connectivity index (χ1) is 8.63. The van der Waals surface area contributed by atoms with Gasteiger partial charge in [-0.15, -0.1) is 0 Å². The summed E-state index contributed by atoms with van der Waals surface area (Å²) in [5, 5.41) is 9.66. The summed E-state index contributed by atoms with van der Waals surface area (Å²) in [4.78, 5) is 11.3. The number of carbonyl (C=O) groups excluding carboxylic acids is 1. The molecule has 4 heteroatoms. The van der Waals surface area contributed by atoms with E-state index >= 15 is 0 Å². The van der Waals surface area contributed by atoms with Crippen LogP contribution < -0.4 is 0 Å². The maximum atomic E-state index is 11.3. The average molecular weight is 311 g/mol. The minimum atomic E-state index is -1.17. The first-order valence-corrected chi connectivity index (χ1v) is 6.80. The molecule has 1 atom stereocenters. The smallest absolute Gasteiger partial charge is 0.348 e. The normalized spacial score (nSPS) is 19.3. The molecule has 1 aliphatic heterocycles. The number of aliphatic hydroxyl groups is 1. The van der Waals surface area contributed by atoms with Gasteiger partial charge in [0.2, 0.25) is 6.29 Å². The topological polar surface area (TPSA) is 46.5 Å². The molecule has 0 bridgehead atoms. The Bertz CT molecular complexity index is 476. The van der Waals surface area contributed by atoms with E-state index in [1.54, 1.807) is 0 Å². The predicted molar refractivity (Wildman–Crippen MR) is 73.0 cm³/mol. The third kappa shape index (κ3) is 2.65. The molecule has 0 saturated heterocycles. The quantitative estimate of drug-likeness (QED) is 0.870. The lowest BCUT2D eigenvalue weighted by Crippen LogP contribution is -2.09. The lowest BCUT2D eigenvalue weighted by atomic mass is 10.0. The molecule has 0 amide bonds. The number of cyclic esters (lactones) is 1. The van der Waals surface area contributed by atoms with Gasteiger partial charge in [0.1, 0.15) is 4.48 Å². The molecule has 1 aromatic rings. The maximum absolute atomic E-state index is 11.3. The Kier molecular flexibility index (Phi) is 4.19. The Balaban J connectivity index is 2.22. The van der Waals surface area contributed by atoms with E-state index in [4.69, 9.17) is 4.74 Å². The van der Waals surface area contributed by atoms with E-state index in [0.29, 0.717) is 10.1 Å². The first kappa shape index (κ1) is 13.3. The highest BCUT2D eigenvalue weighted by molar-refractivity contribution is 9.12. The van der Waals surface area contributed by atoms with Crippen molar-refractivity contribution in [1.29, 1.82) is 0 Å².